The SMILES string of the molecule is CCCCCCCCCC(=O)N[C@@H](Cc1cn(C)c2ccccc12)C(=O)N[C@@H](CC(N)=O)C(=O)N[C@@H](CC(=O)O)C(=O)N[C@@H]1C(=O)NCC(=O)N[C@@H](CCCN)C(=O)N[C@@H](CC(=O)O)C(=O)N[C@H](C)C(=O)N[C@@H](CC(=O)O)C(=O)NCC(=O)N[C@H](CO)C(=O)N[C@@H]([C@@H](C)CC(=O)O)C(=O)N[C@@H](CC(=O)c2ccccc2N)C(=O)O[C@@H]1C. The molecule has 2 heterocycles. The van der Waals surface area contributed by atoms with Crippen LogP contribution < -0.4 is 86.3 Å². The van der Waals surface area contributed by atoms with Crippen LogP contribution in [0.1, 0.15) is 146 Å². The summed E-state index contributed by atoms with van der Waals surface area (Å²) < 4.78 is 7.45. The number of aliphatic hydroxyl groups excluding tert-OH is 1. The lowest BCUT2D eigenvalue weighted by molar-refractivity contribution is -0.156. The molecule has 1 aliphatic rings. The highest BCUT2D eigenvalue weighted by molar-refractivity contribution is 6.05. The Morgan fingerprint density at radius 1 is 0.560 bits per heavy atom. The van der Waals surface area contributed by atoms with Crippen LogP contribution in [0.4, 0.5) is 5.69 Å². The van der Waals surface area contributed by atoms with E-state index in [1.165, 1.54) is 24.3 Å². The third-order valence-corrected chi connectivity index (χ3v) is 18.2. The zero-order valence-electron chi connectivity index (χ0n) is 64.5. The molecule has 43 heteroatoms. The highest BCUT2D eigenvalue weighted by Gasteiger charge is 2.41. The van der Waals surface area contributed by atoms with Gasteiger partial charge in [-0.3, -0.25) is 91.1 Å². The number of hydrogen-bond acceptors (Lipinski definition) is 24. The second kappa shape index (κ2) is 47.7. The molecule has 1 fully saturated rings. The highest BCUT2D eigenvalue weighted by Crippen LogP contribution is 2.23. The van der Waals surface area contributed by atoms with Crippen LogP contribution in [-0.2, 0) is 109 Å². The van der Waals surface area contributed by atoms with Gasteiger partial charge in [-0.05, 0) is 69.3 Å². The zero-order valence-corrected chi connectivity index (χ0v) is 64.5. The van der Waals surface area contributed by atoms with Crippen LogP contribution in [-0.4, -0.2) is 247 Å². The number of nitrogens with zero attached hydrogens (tertiary/aromatic N) is 1. The Morgan fingerprint density at radius 2 is 1.09 bits per heavy atom. The first-order chi connectivity index (χ1) is 54.8. The fraction of sp³-hybridized carbons (Fsp3) is 0.534. The fourth-order valence-electron chi connectivity index (χ4n) is 12.0. The molecule has 24 N–H and O–H groups in total. The van der Waals surface area contributed by atoms with Gasteiger partial charge >= 0.3 is 29.8 Å². The van der Waals surface area contributed by atoms with Crippen molar-refractivity contribution in [3.05, 3.63) is 65.9 Å². The molecule has 636 valence electrons. The maximum Gasteiger partial charge on any atom is 0.329 e. The number of nitrogen functional groups attached to an aromatic ring is 1. The molecule has 0 aliphatic carbocycles. The minimum atomic E-state index is -2.45. The number of amides is 14. The maximum absolute atomic E-state index is 14.9. The normalized spacial score (nSPS) is 21.1. The van der Waals surface area contributed by atoms with Gasteiger partial charge < -0.3 is 121 Å². The molecule has 14 amide bonds. The number of anilines is 1. The molecule has 116 heavy (non-hydrogen) atoms. The number of ether oxygens (including phenoxy) is 1. The number of para-hydroxylation sites is 2. The smallest absolute Gasteiger partial charge is 0.329 e. The number of carboxylic acid groups (broad SMARTS) is 4. The summed E-state index contributed by atoms with van der Waals surface area (Å²) in [5.74, 6) is -29.7. The van der Waals surface area contributed by atoms with E-state index in [2.05, 4.69) is 60.1 Å². The molecule has 3 aromatic rings. The molecule has 0 radical (unpaired) electrons. The van der Waals surface area contributed by atoms with Crippen molar-refractivity contribution in [1.29, 1.82) is 0 Å². The predicted molar refractivity (Wildman–Crippen MR) is 405 cm³/mol. The van der Waals surface area contributed by atoms with Gasteiger partial charge in [0.05, 0.1) is 51.8 Å². The number of hydrogen-bond donors (Lipinski definition) is 21. The van der Waals surface area contributed by atoms with Crippen LogP contribution in [0.2, 0.25) is 0 Å². The van der Waals surface area contributed by atoms with E-state index in [-0.39, 0.29) is 37.1 Å². The quantitative estimate of drug-likeness (QED) is 0.0113. The fourth-order valence-corrected chi connectivity index (χ4v) is 12.0. The van der Waals surface area contributed by atoms with E-state index in [0.29, 0.717) is 23.8 Å². The highest BCUT2D eigenvalue weighted by atomic mass is 16.5. The van der Waals surface area contributed by atoms with Crippen LogP contribution >= 0.6 is 0 Å². The third kappa shape index (κ3) is 32.1. The van der Waals surface area contributed by atoms with E-state index in [1.54, 1.807) is 42.1 Å². The number of ketones is 1. The average molecular weight is 1630 g/mol. The van der Waals surface area contributed by atoms with Crippen LogP contribution in [0.25, 0.3) is 10.9 Å². The first kappa shape index (κ1) is 95.7. The molecular weight excluding hydrogens is 1530 g/mol. The summed E-state index contributed by atoms with van der Waals surface area (Å²) in [5.41, 5.74) is 18.2. The van der Waals surface area contributed by atoms with Crippen molar-refractivity contribution >= 4 is 135 Å². The van der Waals surface area contributed by atoms with E-state index >= 15 is 0 Å². The summed E-state index contributed by atoms with van der Waals surface area (Å²) in [6.45, 7) is 1.12. The number of aliphatic carboxylic acids is 4. The number of carbonyl (C=O) groups excluding carboxylic acids is 16. The predicted octanol–water partition coefficient (Wildman–Crippen LogP) is -5.61. The number of Topliss-reactive ketones (excluding diaryl/α,β-unsaturated/α-hetero) is 1. The number of aryl methyl sites for hydroxylation is 1. The molecule has 1 saturated heterocycles. The molecule has 4 rings (SSSR count). The summed E-state index contributed by atoms with van der Waals surface area (Å²) in [6.07, 6.45) is -2.19. The second-order valence-corrected chi connectivity index (χ2v) is 27.7. The molecule has 0 unspecified atom stereocenters. The Labute approximate surface area is 664 Å². The topological polar surface area (TPSA) is 691 Å². The molecule has 0 spiro atoms. The Bertz CT molecular complexity index is 4100. The van der Waals surface area contributed by atoms with Gasteiger partial charge in [-0.2, -0.15) is 0 Å². The van der Waals surface area contributed by atoms with Crippen molar-refractivity contribution in [2.75, 3.05) is 32.0 Å². The van der Waals surface area contributed by atoms with Gasteiger partial charge in [0.15, 0.2) is 5.78 Å². The van der Waals surface area contributed by atoms with Gasteiger partial charge in [0, 0.05) is 54.7 Å². The van der Waals surface area contributed by atoms with E-state index in [9.17, 15) is 121 Å². The number of aliphatic hydroxyl groups is 1. The zero-order chi connectivity index (χ0) is 86.6. The van der Waals surface area contributed by atoms with Gasteiger partial charge in [0.1, 0.15) is 72.6 Å². The number of fused-ring (bicyclic) bond motifs is 1. The van der Waals surface area contributed by atoms with Gasteiger partial charge in [0.2, 0.25) is 82.7 Å². The number of aromatic nitrogens is 1. The minimum Gasteiger partial charge on any atom is -0.481 e. The van der Waals surface area contributed by atoms with Crippen molar-refractivity contribution in [2.24, 2.45) is 24.4 Å². The van der Waals surface area contributed by atoms with Gasteiger partial charge in [0.25, 0.3) is 0 Å². The number of carboxylic acids is 4. The lowest BCUT2D eigenvalue weighted by atomic mass is 9.96. The number of nitrogens with one attached hydrogen (secondary N) is 13. The molecule has 2 aromatic carbocycles. The molecule has 43 nitrogen and oxygen atoms in total. The minimum absolute atomic E-state index is 0.0170. The number of benzene rings is 2. The Hall–Kier alpha value is -12.7. The van der Waals surface area contributed by atoms with Crippen LogP contribution in [0, 0.1) is 5.92 Å². The van der Waals surface area contributed by atoms with E-state index < -0.39 is 261 Å². The van der Waals surface area contributed by atoms with Crippen LogP contribution in [0.5, 0.6) is 0 Å². The van der Waals surface area contributed by atoms with Crippen molar-refractivity contribution in [2.45, 2.75) is 209 Å². The summed E-state index contributed by atoms with van der Waals surface area (Å²) in [5, 5.41) is 78.8. The van der Waals surface area contributed by atoms with Gasteiger partial charge in [-0.1, -0.05) is 82.7 Å². The van der Waals surface area contributed by atoms with Gasteiger partial charge in [-0.15, -0.1) is 0 Å². The average Bonchev–Trinajstić information content (AvgIpc) is 1.67. The van der Waals surface area contributed by atoms with Gasteiger partial charge in [-0.25, -0.2) is 4.79 Å². The number of primary amides is 1. The molecular formula is C73H103N17O26. The number of rotatable bonds is 35. The molecule has 0 saturated carbocycles. The first-order valence-electron chi connectivity index (χ1n) is 37.2. The summed E-state index contributed by atoms with van der Waals surface area (Å²) in [7, 11) is 1.74. The lowest BCUT2D eigenvalue weighted by Crippen LogP contribution is -2.62. The summed E-state index contributed by atoms with van der Waals surface area (Å²) >= 11 is 0. The monoisotopic (exact) mass is 1630 g/mol. The van der Waals surface area contributed by atoms with Crippen molar-refractivity contribution in [3.8, 4) is 0 Å². The first-order valence-corrected chi connectivity index (χ1v) is 37.2. The number of nitrogens with two attached hydrogens (primary N) is 3. The molecule has 13 atom stereocenters. The van der Waals surface area contributed by atoms with Crippen molar-refractivity contribution in [3.63, 3.8) is 0 Å². The number of cyclic esters (lactones) is 1. The lowest BCUT2D eigenvalue weighted by Gasteiger charge is -2.30. The largest absolute Gasteiger partial charge is 0.481 e. The van der Waals surface area contributed by atoms with Crippen molar-refractivity contribution in [1.82, 2.24) is 73.7 Å². The summed E-state index contributed by atoms with van der Waals surface area (Å²) in [4.78, 5) is 273. The van der Waals surface area contributed by atoms with E-state index in [4.69, 9.17) is 21.9 Å². The molecule has 0 bridgehead atoms. The number of esters is 1. The Morgan fingerprint density at radius 3 is 1.69 bits per heavy atom. The standard InChI is InChI=1S/C73H103N17O26/c1-6-7-8-9-10-11-12-23-54(94)81-44(26-39-34-90(5)51-22-16-14-18-40(39)51)67(109)84-45(28-53(76)93)68(110)86-48(31-60(103)104)69(111)89-62-38(4)116-73(115)49(27-52(92)41-19-13-15-20-42(41)75)87-72(114)61(36(2)25-57(97)98)88-70(112)50(35-91)82-56(96)32-77-64(106)46(29-58(99)100)83-63(105)37(3)79-66(108)47(30-59(101)102)85-65(107)43(21-17-24-74)80-55(95)33-78-71(62)113/h13-16,18-20,22,34,36-38,43-50,61-62,91H,6-12,17,21,23-33,35,74-75H2,1-5H3,(H2,76,93)(H,77,106)(H,78,113)(H,79,108)(H,80,95)(H,81,94)(H,82,96)(H,83,105)(H,84,109)(H,85,107)(H,86,110)(H,87,114)(H,88,112)(H,89,111)(H,97,98)(H,99,100)(H,101,102)(H,103,104)/t36-,37+,38+,43-,44-,45-,46-,47-,48-,49-,50+,61-,62-/m0/s1. The molecule has 1 aliphatic heterocycles. The van der Waals surface area contributed by atoms with Crippen LogP contribution in [0.3, 0.4) is 0 Å². The molecule has 1 aromatic heterocycles. The maximum atomic E-state index is 14.9. The Kier molecular flexibility index (Phi) is 39.4. The van der Waals surface area contributed by atoms with Crippen molar-refractivity contribution < 1.29 is 126 Å². The van der Waals surface area contributed by atoms with E-state index in [0.717, 1.165) is 58.4 Å². The number of unbranched alkanes of at least 4 members (excludes halogenated alkanes) is 6. The van der Waals surface area contributed by atoms with Crippen LogP contribution in [0.15, 0.2) is 54.7 Å². The second-order valence-electron chi connectivity index (χ2n) is 27.7. The third-order valence-electron chi connectivity index (χ3n) is 18.2. The van der Waals surface area contributed by atoms with E-state index in [1.807, 2.05) is 16.0 Å². The Balaban J connectivity index is 1.88. The summed E-state index contributed by atoms with van der Waals surface area (Å²) in [6, 6.07) is -10.4. The number of carbonyl (C=O) groups is 20.